The number of Topliss-reactive ketones (excluding diaryl/α,β-unsaturated/α-hetero) is 2. The molecule has 6 rings (SSSR count). The van der Waals surface area contributed by atoms with E-state index < -0.39 is 34.6 Å². The number of allylic oxidation sites excluding steroid dienone is 1. The van der Waals surface area contributed by atoms with E-state index in [0.29, 0.717) is 11.3 Å². The molecule has 10 nitrogen and oxygen atoms in total. The maximum atomic E-state index is 14.7. The topological polar surface area (TPSA) is 146 Å². The van der Waals surface area contributed by atoms with Gasteiger partial charge < -0.3 is 25.3 Å². The summed E-state index contributed by atoms with van der Waals surface area (Å²) in [6, 6.07) is 8.74. The third-order valence-electron chi connectivity index (χ3n) is 7.53. The molecule has 1 aliphatic carbocycles. The Labute approximate surface area is 235 Å². The highest BCUT2D eigenvalue weighted by Gasteiger charge is 2.63. The van der Waals surface area contributed by atoms with Gasteiger partial charge in [0.15, 0.2) is 5.75 Å². The molecular formula is C27H22BrClN4O6. The summed E-state index contributed by atoms with van der Waals surface area (Å²) in [5.41, 5.74) is 5.11. The van der Waals surface area contributed by atoms with E-state index in [-0.39, 0.29) is 57.2 Å². The zero-order valence-corrected chi connectivity index (χ0v) is 23.3. The number of ketones is 2. The lowest BCUT2D eigenvalue weighted by molar-refractivity contribution is -0.130. The quantitative estimate of drug-likeness (QED) is 0.370. The molecule has 200 valence electrons. The lowest BCUT2D eigenvalue weighted by Gasteiger charge is -2.42. The molecule has 3 aromatic rings. The fourth-order valence-corrected chi connectivity index (χ4v) is 6.47. The van der Waals surface area contributed by atoms with Gasteiger partial charge in [-0.05, 0) is 24.1 Å². The largest absolute Gasteiger partial charge is 0.496 e. The molecule has 0 fully saturated rings. The van der Waals surface area contributed by atoms with Crippen molar-refractivity contribution < 1.29 is 23.8 Å². The van der Waals surface area contributed by atoms with E-state index in [1.54, 1.807) is 19.1 Å². The minimum atomic E-state index is -1.93. The van der Waals surface area contributed by atoms with Crippen LogP contribution in [0.15, 0.2) is 50.9 Å². The van der Waals surface area contributed by atoms with Crippen molar-refractivity contribution in [3.05, 3.63) is 78.1 Å². The first kappa shape index (κ1) is 25.4. The maximum Gasteiger partial charge on any atom is 0.258 e. The normalized spacial score (nSPS) is 23.1. The number of hydrogen-bond donors (Lipinski definition) is 3. The number of nitrogens with zero attached hydrogens (tertiary/aromatic N) is 1. The van der Waals surface area contributed by atoms with Gasteiger partial charge in [-0.2, -0.15) is 4.98 Å². The zero-order valence-electron chi connectivity index (χ0n) is 21.0. The highest BCUT2D eigenvalue weighted by atomic mass is 79.9. The fraction of sp³-hybridized carbons (Fsp3) is 0.259. The van der Waals surface area contributed by atoms with Crippen molar-refractivity contribution in [2.45, 2.75) is 24.9 Å². The average molecular weight is 614 g/mol. The molecule has 1 aromatic heterocycles. The number of methoxy groups -OCH3 is 2. The number of benzene rings is 2. The summed E-state index contributed by atoms with van der Waals surface area (Å²) in [6.07, 6.45) is 0.246. The number of aromatic nitrogens is 2. The van der Waals surface area contributed by atoms with E-state index in [4.69, 9.17) is 31.5 Å². The molecule has 1 unspecified atom stereocenters. The number of rotatable bonds is 3. The Hall–Kier alpha value is -3.83. The van der Waals surface area contributed by atoms with Crippen LogP contribution in [0.1, 0.15) is 40.7 Å². The number of carbonyl (C=O) groups is 2. The number of nitrogen functional groups attached to an aromatic ring is 1. The second-order valence-electron chi connectivity index (χ2n) is 9.62. The van der Waals surface area contributed by atoms with Crippen molar-refractivity contribution in [2.75, 3.05) is 25.3 Å². The van der Waals surface area contributed by atoms with Crippen molar-refractivity contribution >= 4 is 50.9 Å². The SMILES string of the molecule is COc1cc(OC)c2c(c1Cl)O[C@@]1(C(=O)C3=C(C[C@H]1C)Nc1nc(N)[nH]c(=O)c1C3c1cccc(Br)c1)C2=O. The molecule has 12 heteroatoms. The third kappa shape index (κ3) is 3.45. The smallest absolute Gasteiger partial charge is 0.258 e. The summed E-state index contributed by atoms with van der Waals surface area (Å²) >= 11 is 10.0. The van der Waals surface area contributed by atoms with Gasteiger partial charge in [-0.15, -0.1) is 0 Å². The Balaban J connectivity index is 1.58. The number of nitrogens with one attached hydrogen (secondary N) is 2. The van der Waals surface area contributed by atoms with E-state index in [2.05, 4.69) is 31.2 Å². The van der Waals surface area contributed by atoms with E-state index in [1.807, 2.05) is 12.1 Å². The van der Waals surface area contributed by atoms with Gasteiger partial charge in [-0.1, -0.05) is 46.6 Å². The summed E-state index contributed by atoms with van der Waals surface area (Å²) in [5, 5.41) is 3.21. The number of fused-ring (bicyclic) bond motifs is 2. The Morgan fingerprint density at radius 2 is 1.90 bits per heavy atom. The first-order valence-electron chi connectivity index (χ1n) is 12.0. The first-order valence-corrected chi connectivity index (χ1v) is 13.2. The van der Waals surface area contributed by atoms with Crippen LogP contribution in [-0.2, 0) is 4.79 Å². The number of carbonyl (C=O) groups excluding carboxylic acids is 2. The number of ether oxygens (including phenoxy) is 3. The van der Waals surface area contributed by atoms with E-state index >= 15 is 0 Å². The molecule has 39 heavy (non-hydrogen) atoms. The van der Waals surface area contributed by atoms with Crippen LogP contribution in [0, 0.1) is 5.92 Å². The lowest BCUT2D eigenvalue weighted by atomic mass is 9.66. The predicted octanol–water partition coefficient (Wildman–Crippen LogP) is 4.22. The number of H-pyrrole nitrogens is 1. The number of nitrogens with two attached hydrogens (primary N) is 1. The second kappa shape index (κ2) is 8.85. The van der Waals surface area contributed by atoms with Crippen molar-refractivity contribution in [2.24, 2.45) is 5.92 Å². The Kier molecular flexibility index (Phi) is 5.78. The summed E-state index contributed by atoms with van der Waals surface area (Å²) in [6.45, 7) is 1.76. The van der Waals surface area contributed by atoms with Crippen molar-refractivity contribution in [1.29, 1.82) is 0 Å². The first-order chi connectivity index (χ1) is 18.6. The van der Waals surface area contributed by atoms with Crippen LogP contribution in [0.3, 0.4) is 0 Å². The van der Waals surface area contributed by atoms with Gasteiger partial charge in [0.1, 0.15) is 27.9 Å². The highest BCUT2D eigenvalue weighted by Crippen LogP contribution is 2.56. The van der Waals surface area contributed by atoms with Gasteiger partial charge >= 0.3 is 0 Å². The number of hydrogen-bond acceptors (Lipinski definition) is 9. The van der Waals surface area contributed by atoms with Crippen LogP contribution >= 0.6 is 27.5 Å². The second-order valence-corrected chi connectivity index (χ2v) is 10.9. The van der Waals surface area contributed by atoms with Crippen LogP contribution < -0.4 is 30.8 Å². The van der Waals surface area contributed by atoms with Gasteiger partial charge in [-0.25, -0.2) is 0 Å². The van der Waals surface area contributed by atoms with Crippen LogP contribution in [0.25, 0.3) is 0 Å². The van der Waals surface area contributed by atoms with Crippen LogP contribution in [0.5, 0.6) is 17.2 Å². The van der Waals surface area contributed by atoms with Gasteiger partial charge in [0.05, 0.1) is 19.8 Å². The molecule has 3 aliphatic rings. The van der Waals surface area contributed by atoms with Crippen LogP contribution in [0.4, 0.5) is 11.8 Å². The summed E-state index contributed by atoms with van der Waals surface area (Å²) in [4.78, 5) is 48.9. The van der Waals surface area contributed by atoms with Crippen LogP contribution in [-0.4, -0.2) is 41.4 Å². The molecule has 0 saturated carbocycles. The van der Waals surface area contributed by atoms with Gasteiger partial charge in [0.2, 0.25) is 23.1 Å². The zero-order chi connectivity index (χ0) is 27.8. The van der Waals surface area contributed by atoms with Crippen molar-refractivity contribution in [1.82, 2.24) is 9.97 Å². The van der Waals surface area contributed by atoms with E-state index in [0.717, 1.165) is 4.47 Å². The van der Waals surface area contributed by atoms with Gasteiger partial charge in [-0.3, -0.25) is 19.4 Å². The van der Waals surface area contributed by atoms with E-state index in [1.165, 1.54) is 20.3 Å². The summed E-state index contributed by atoms with van der Waals surface area (Å²) in [5.74, 6) is -1.97. The minimum absolute atomic E-state index is 0.0255. The Morgan fingerprint density at radius 3 is 2.59 bits per heavy atom. The summed E-state index contributed by atoms with van der Waals surface area (Å²) < 4.78 is 17.9. The van der Waals surface area contributed by atoms with Gasteiger partial charge in [0, 0.05) is 33.6 Å². The number of aromatic amines is 1. The number of anilines is 2. The lowest BCUT2D eigenvalue weighted by Crippen LogP contribution is -2.58. The standard InChI is InChI=1S/C27H22BrClN4O6/c1-10-7-13-17(16(11-5-4-6-12(28)8-11)19-24(31-13)32-26(30)33-25(19)36)22(34)27(10)23(35)18-14(37-2)9-15(38-3)20(29)21(18)39-27/h4-6,8-10,16H,7H2,1-3H3,(H4,30,31,32,33,36)/t10-,16?,27+/m1/s1. The molecule has 0 saturated heterocycles. The molecule has 4 N–H and O–H groups in total. The third-order valence-corrected chi connectivity index (χ3v) is 8.38. The molecule has 0 amide bonds. The molecule has 0 radical (unpaired) electrons. The molecule has 3 atom stereocenters. The van der Waals surface area contributed by atoms with Crippen LogP contribution in [0.2, 0.25) is 5.02 Å². The van der Waals surface area contributed by atoms with Gasteiger partial charge in [0.25, 0.3) is 5.56 Å². The summed E-state index contributed by atoms with van der Waals surface area (Å²) in [7, 11) is 2.83. The van der Waals surface area contributed by atoms with Crippen molar-refractivity contribution in [3.8, 4) is 17.2 Å². The maximum absolute atomic E-state index is 14.7. The predicted molar refractivity (Wildman–Crippen MR) is 147 cm³/mol. The molecule has 2 aromatic carbocycles. The highest BCUT2D eigenvalue weighted by molar-refractivity contribution is 9.10. The van der Waals surface area contributed by atoms with E-state index in [9.17, 15) is 14.4 Å². The molecule has 2 aliphatic heterocycles. The minimum Gasteiger partial charge on any atom is -0.496 e. The number of halogens is 2. The average Bonchev–Trinajstić information content (AvgIpc) is 3.21. The fourth-order valence-electron chi connectivity index (χ4n) is 5.79. The molecule has 3 heterocycles. The Morgan fingerprint density at radius 1 is 1.15 bits per heavy atom. The molecule has 0 bridgehead atoms. The Bertz CT molecular complexity index is 1700. The monoisotopic (exact) mass is 612 g/mol. The molecular weight excluding hydrogens is 592 g/mol. The molecule has 1 spiro atoms. The van der Waals surface area contributed by atoms with Crippen molar-refractivity contribution in [3.63, 3.8) is 0 Å².